The molecule has 16 heavy (non-hydrogen) atoms. The summed E-state index contributed by atoms with van der Waals surface area (Å²) in [5.74, 6) is 0.833. The third kappa shape index (κ3) is 2.83. The van der Waals surface area contributed by atoms with Crippen molar-refractivity contribution in [2.45, 2.75) is 33.4 Å². The minimum Gasteiger partial charge on any atom is -0.394 e. The van der Waals surface area contributed by atoms with E-state index in [1.54, 1.807) is 4.68 Å². The van der Waals surface area contributed by atoms with Crippen LogP contribution in [0, 0.1) is 11.3 Å². The van der Waals surface area contributed by atoms with Crippen molar-refractivity contribution in [3.8, 4) is 0 Å². The molecule has 0 aromatic carbocycles. The van der Waals surface area contributed by atoms with E-state index in [9.17, 15) is 0 Å². The second-order valence-corrected chi connectivity index (χ2v) is 5.36. The van der Waals surface area contributed by atoms with Gasteiger partial charge >= 0.3 is 0 Å². The van der Waals surface area contributed by atoms with Gasteiger partial charge in [-0.25, -0.2) is 0 Å². The molecule has 0 saturated heterocycles. The number of rotatable bonds is 6. The molecule has 0 radical (unpaired) electrons. The van der Waals surface area contributed by atoms with E-state index in [1.807, 2.05) is 12.4 Å². The van der Waals surface area contributed by atoms with E-state index in [1.165, 1.54) is 12.0 Å². The van der Waals surface area contributed by atoms with Gasteiger partial charge in [0.15, 0.2) is 0 Å². The van der Waals surface area contributed by atoms with E-state index in [2.05, 4.69) is 24.3 Å². The van der Waals surface area contributed by atoms with Crippen LogP contribution in [0.2, 0.25) is 0 Å². The first-order chi connectivity index (χ1) is 7.62. The van der Waals surface area contributed by atoms with Crippen LogP contribution >= 0.6 is 0 Å². The third-order valence-electron chi connectivity index (χ3n) is 3.45. The predicted molar refractivity (Wildman–Crippen MR) is 62.9 cm³/mol. The Balaban J connectivity index is 1.69. The first-order valence-corrected chi connectivity index (χ1v) is 5.95. The standard InChI is InChI=1S/C12H21N3O/c1-12(2)5-11(12)8-13-6-10-7-14-15(9-10)3-4-16/h7,9,11,13,16H,3-6,8H2,1-2H3. The number of hydrogen-bond acceptors (Lipinski definition) is 3. The average molecular weight is 223 g/mol. The van der Waals surface area contributed by atoms with Crippen LogP contribution in [0.1, 0.15) is 25.8 Å². The lowest BCUT2D eigenvalue weighted by molar-refractivity contribution is 0.269. The number of nitrogens with one attached hydrogen (secondary N) is 1. The lowest BCUT2D eigenvalue weighted by atomic mass is 10.1. The minimum atomic E-state index is 0.144. The minimum absolute atomic E-state index is 0.144. The van der Waals surface area contributed by atoms with Crippen molar-refractivity contribution >= 4 is 0 Å². The Hall–Kier alpha value is -0.870. The zero-order valence-corrected chi connectivity index (χ0v) is 10.1. The smallest absolute Gasteiger partial charge is 0.0640 e. The summed E-state index contributed by atoms with van der Waals surface area (Å²) in [5.41, 5.74) is 1.74. The second-order valence-electron chi connectivity index (χ2n) is 5.36. The summed E-state index contributed by atoms with van der Waals surface area (Å²) < 4.78 is 1.78. The van der Waals surface area contributed by atoms with Gasteiger partial charge in [-0.15, -0.1) is 0 Å². The summed E-state index contributed by atoms with van der Waals surface area (Å²) in [6.07, 6.45) is 5.19. The van der Waals surface area contributed by atoms with Gasteiger partial charge in [-0.3, -0.25) is 4.68 Å². The molecule has 1 aromatic rings. The second kappa shape index (κ2) is 4.55. The van der Waals surface area contributed by atoms with Crippen molar-refractivity contribution < 1.29 is 5.11 Å². The topological polar surface area (TPSA) is 50.1 Å². The van der Waals surface area contributed by atoms with Crippen LogP contribution in [0.3, 0.4) is 0 Å². The highest BCUT2D eigenvalue weighted by molar-refractivity contribution is 5.04. The molecule has 1 atom stereocenters. The van der Waals surface area contributed by atoms with Crippen LogP contribution in [0.15, 0.2) is 12.4 Å². The molecule has 1 saturated carbocycles. The Labute approximate surface area is 96.7 Å². The molecule has 4 nitrogen and oxygen atoms in total. The van der Waals surface area contributed by atoms with Crippen LogP contribution in [0.25, 0.3) is 0 Å². The van der Waals surface area contributed by atoms with Crippen molar-refractivity contribution in [3.05, 3.63) is 18.0 Å². The molecule has 2 rings (SSSR count). The normalized spacial score (nSPS) is 22.3. The molecule has 1 unspecified atom stereocenters. The molecular formula is C12H21N3O. The molecule has 0 bridgehead atoms. The Morgan fingerprint density at radius 2 is 2.38 bits per heavy atom. The fourth-order valence-electron chi connectivity index (χ4n) is 2.04. The monoisotopic (exact) mass is 223 g/mol. The fraction of sp³-hybridized carbons (Fsp3) is 0.750. The molecule has 0 aliphatic heterocycles. The number of nitrogens with zero attached hydrogens (tertiary/aromatic N) is 2. The molecule has 2 N–H and O–H groups in total. The Bertz CT molecular complexity index is 346. The highest BCUT2D eigenvalue weighted by Gasteiger charge is 2.44. The number of aromatic nitrogens is 2. The van der Waals surface area contributed by atoms with E-state index in [4.69, 9.17) is 5.11 Å². The lowest BCUT2D eigenvalue weighted by Crippen LogP contribution is -2.17. The molecule has 0 spiro atoms. The summed E-state index contributed by atoms with van der Waals surface area (Å²) in [7, 11) is 0. The first kappa shape index (κ1) is 11.6. The van der Waals surface area contributed by atoms with Crippen molar-refractivity contribution in [1.29, 1.82) is 0 Å². The summed E-state index contributed by atoms with van der Waals surface area (Å²) >= 11 is 0. The molecule has 1 fully saturated rings. The van der Waals surface area contributed by atoms with Gasteiger partial charge in [0.05, 0.1) is 19.3 Å². The molecule has 0 amide bonds. The zero-order chi connectivity index (χ0) is 11.6. The third-order valence-corrected chi connectivity index (χ3v) is 3.45. The average Bonchev–Trinajstić information content (AvgIpc) is 2.63. The fourth-order valence-corrected chi connectivity index (χ4v) is 2.04. The molecule has 1 aromatic heterocycles. The van der Waals surface area contributed by atoms with E-state index < -0.39 is 0 Å². The molecular weight excluding hydrogens is 202 g/mol. The maximum absolute atomic E-state index is 8.77. The molecule has 1 aliphatic carbocycles. The van der Waals surface area contributed by atoms with Gasteiger partial charge in [0.1, 0.15) is 0 Å². The lowest BCUT2D eigenvalue weighted by Gasteiger charge is -2.04. The van der Waals surface area contributed by atoms with E-state index in [-0.39, 0.29) is 6.61 Å². The first-order valence-electron chi connectivity index (χ1n) is 5.95. The van der Waals surface area contributed by atoms with Gasteiger partial charge in [0.25, 0.3) is 0 Å². The summed E-state index contributed by atoms with van der Waals surface area (Å²) in [6, 6.07) is 0. The predicted octanol–water partition coefficient (Wildman–Crippen LogP) is 1.01. The number of hydrogen-bond donors (Lipinski definition) is 2. The summed E-state index contributed by atoms with van der Waals surface area (Å²) in [4.78, 5) is 0. The van der Waals surface area contributed by atoms with Crippen LogP contribution in [0.4, 0.5) is 0 Å². The van der Waals surface area contributed by atoms with Crippen molar-refractivity contribution in [3.63, 3.8) is 0 Å². The Morgan fingerprint density at radius 3 is 3.00 bits per heavy atom. The van der Waals surface area contributed by atoms with Crippen LogP contribution in [0.5, 0.6) is 0 Å². The zero-order valence-electron chi connectivity index (χ0n) is 10.1. The quantitative estimate of drug-likeness (QED) is 0.757. The van der Waals surface area contributed by atoms with Crippen molar-refractivity contribution in [2.24, 2.45) is 11.3 Å². The SMILES string of the molecule is CC1(C)CC1CNCc1cnn(CCO)c1. The largest absolute Gasteiger partial charge is 0.394 e. The highest BCUT2D eigenvalue weighted by atomic mass is 16.3. The van der Waals surface area contributed by atoms with E-state index >= 15 is 0 Å². The molecule has 4 heteroatoms. The van der Waals surface area contributed by atoms with Gasteiger partial charge in [-0.1, -0.05) is 13.8 Å². The summed E-state index contributed by atoms with van der Waals surface area (Å²) in [5, 5.41) is 16.4. The van der Waals surface area contributed by atoms with Crippen LogP contribution < -0.4 is 5.32 Å². The van der Waals surface area contributed by atoms with E-state index in [0.29, 0.717) is 12.0 Å². The maximum Gasteiger partial charge on any atom is 0.0640 e. The maximum atomic E-state index is 8.77. The van der Waals surface area contributed by atoms with Gasteiger partial charge in [0.2, 0.25) is 0 Å². The van der Waals surface area contributed by atoms with Gasteiger partial charge < -0.3 is 10.4 Å². The van der Waals surface area contributed by atoms with Gasteiger partial charge in [0, 0.05) is 18.3 Å². The van der Waals surface area contributed by atoms with Gasteiger partial charge in [-0.05, 0) is 24.3 Å². The van der Waals surface area contributed by atoms with Gasteiger partial charge in [-0.2, -0.15) is 5.10 Å². The molecule has 1 aliphatic rings. The van der Waals surface area contributed by atoms with Crippen LogP contribution in [-0.2, 0) is 13.1 Å². The van der Waals surface area contributed by atoms with Crippen molar-refractivity contribution in [1.82, 2.24) is 15.1 Å². The number of aliphatic hydroxyl groups excluding tert-OH is 1. The van der Waals surface area contributed by atoms with E-state index in [0.717, 1.165) is 19.0 Å². The van der Waals surface area contributed by atoms with Crippen molar-refractivity contribution in [2.75, 3.05) is 13.2 Å². The van der Waals surface area contributed by atoms with Crippen LogP contribution in [-0.4, -0.2) is 28.0 Å². The Morgan fingerprint density at radius 1 is 1.62 bits per heavy atom. The summed E-state index contributed by atoms with van der Waals surface area (Å²) in [6.45, 7) is 7.33. The Kier molecular flexibility index (Phi) is 3.30. The molecule has 90 valence electrons. The molecule has 1 heterocycles. The highest BCUT2D eigenvalue weighted by Crippen LogP contribution is 2.50. The number of aliphatic hydroxyl groups is 1.